The van der Waals surface area contributed by atoms with Gasteiger partial charge in [0.05, 0.1) is 34.1 Å². The molecule has 6 unspecified atom stereocenters. The second-order valence-electron chi connectivity index (χ2n) is 13.0. The van der Waals surface area contributed by atoms with Crippen LogP contribution in [0.25, 0.3) is 0 Å². The number of amides is 3. The van der Waals surface area contributed by atoms with E-state index >= 15 is 0 Å². The second-order valence-corrected chi connectivity index (χ2v) is 16.8. The van der Waals surface area contributed by atoms with Gasteiger partial charge in [0, 0.05) is 21.7 Å². The number of nitrogens with zero attached hydrogens (tertiary/aromatic N) is 1. The third-order valence-corrected chi connectivity index (χ3v) is 13.8. The van der Waals surface area contributed by atoms with Crippen LogP contribution in [0.15, 0.2) is 81.4 Å². The molecule has 4 aliphatic rings. The summed E-state index contributed by atoms with van der Waals surface area (Å²) >= 11 is 2.72. The minimum Gasteiger partial charge on any atom is -0.490 e. The van der Waals surface area contributed by atoms with Crippen molar-refractivity contribution in [2.45, 2.75) is 34.4 Å². The Morgan fingerprint density at radius 2 is 1.69 bits per heavy atom. The van der Waals surface area contributed by atoms with Crippen LogP contribution in [0.5, 0.6) is 11.5 Å². The molecule has 16 heteroatoms. The van der Waals surface area contributed by atoms with E-state index in [-0.39, 0.29) is 57.1 Å². The minimum atomic E-state index is -3.87. The summed E-state index contributed by atoms with van der Waals surface area (Å²) in [4.78, 5) is 58.1. The van der Waals surface area contributed by atoms with E-state index < -0.39 is 33.6 Å². The van der Waals surface area contributed by atoms with Gasteiger partial charge in [0.15, 0.2) is 18.1 Å². The largest absolute Gasteiger partial charge is 0.490 e. The number of thioether (sulfide) groups is 1. The number of hydrogen-bond donors (Lipinski definition) is 3. The van der Waals surface area contributed by atoms with Crippen molar-refractivity contribution in [3.63, 3.8) is 0 Å². The van der Waals surface area contributed by atoms with E-state index in [1.807, 2.05) is 19.1 Å². The molecule has 51 heavy (non-hydrogen) atoms. The van der Waals surface area contributed by atoms with Gasteiger partial charge in [-0.1, -0.05) is 17.4 Å². The summed E-state index contributed by atoms with van der Waals surface area (Å²) in [5.41, 5.74) is 1.58. The molecule has 3 amide bonds. The average molecular weight is 751 g/mol. The topological polar surface area (TPSA) is 178 Å². The van der Waals surface area contributed by atoms with Crippen LogP contribution in [0.3, 0.4) is 0 Å². The summed E-state index contributed by atoms with van der Waals surface area (Å²) < 4.78 is 48.6. The fraction of sp³-hybridized carbons (Fsp3) is 0.314. The molecule has 3 fully saturated rings. The molecule has 2 bridgehead atoms. The number of ether oxygens (including phenoxy) is 2. The summed E-state index contributed by atoms with van der Waals surface area (Å²) in [5, 5.41) is 8.53. The molecule has 0 spiro atoms. The fourth-order valence-electron chi connectivity index (χ4n) is 8.41. The number of H-pyrrole nitrogens is 1. The maximum atomic E-state index is 14.0. The van der Waals surface area contributed by atoms with Gasteiger partial charge in [0.2, 0.25) is 21.8 Å². The lowest BCUT2D eigenvalue weighted by molar-refractivity contribution is -0.123. The Labute approximate surface area is 299 Å². The number of aromatic nitrogens is 1. The number of nitrogens with two attached hydrogens (primary N) is 1. The Morgan fingerprint density at radius 3 is 2.37 bits per heavy atom. The van der Waals surface area contributed by atoms with E-state index in [9.17, 15) is 32.0 Å². The molecule has 1 saturated heterocycles. The van der Waals surface area contributed by atoms with Gasteiger partial charge in [-0.3, -0.25) is 24.1 Å². The highest BCUT2D eigenvalue weighted by atomic mass is 32.2. The third kappa shape index (κ3) is 5.73. The zero-order chi connectivity index (χ0) is 35.8. The lowest BCUT2D eigenvalue weighted by atomic mass is 9.68. The molecule has 8 rings (SSSR count). The number of carbonyl (C=O) groups is 3. The van der Waals surface area contributed by atoms with Crippen molar-refractivity contribution in [1.29, 1.82) is 0 Å². The number of anilines is 2. The van der Waals surface area contributed by atoms with Crippen molar-refractivity contribution in [1.82, 2.24) is 4.98 Å². The normalized spacial score (nSPS) is 26.1. The molecule has 2 aliphatic carbocycles. The number of primary sulfonamides is 1. The van der Waals surface area contributed by atoms with Crippen LogP contribution in [-0.4, -0.2) is 49.6 Å². The molecule has 1 aromatic heterocycles. The number of halogens is 1. The number of rotatable bonds is 9. The quantitative estimate of drug-likeness (QED) is 0.210. The molecular formula is C35H31FN4O8S3. The third-order valence-electron chi connectivity index (χ3n) is 10.3. The zero-order valence-electron chi connectivity index (χ0n) is 26.9. The number of sulfonamides is 1. The average Bonchev–Trinajstić information content (AvgIpc) is 3.83. The molecule has 12 nitrogen and oxygen atoms in total. The lowest BCUT2D eigenvalue weighted by Gasteiger charge is -2.43. The SMILES string of the molecule is CCOc1cc([C@H]2c3sc(=O)[nH]c3SC3C4CC(C5C(=O)N(c6ccc(F)cc6)C(=O)C45)C32)ccc1OCC(=O)Nc1ccc(S(N)(=O)=O)cc1. The van der Waals surface area contributed by atoms with Crippen LogP contribution in [0.1, 0.15) is 29.7 Å². The molecule has 2 aliphatic heterocycles. The Kier molecular flexibility index (Phi) is 8.32. The van der Waals surface area contributed by atoms with E-state index in [1.165, 1.54) is 53.4 Å². The van der Waals surface area contributed by atoms with E-state index in [0.29, 0.717) is 35.9 Å². The van der Waals surface area contributed by atoms with Crippen molar-refractivity contribution < 1.29 is 36.7 Å². The van der Waals surface area contributed by atoms with Crippen LogP contribution >= 0.6 is 23.1 Å². The van der Waals surface area contributed by atoms with Gasteiger partial charge >= 0.3 is 4.87 Å². The van der Waals surface area contributed by atoms with E-state index in [0.717, 1.165) is 26.8 Å². The molecule has 4 N–H and O–H groups in total. The number of benzene rings is 3. The van der Waals surface area contributed by atoms with Crippen LogP contribution in [-0.2, 0) is 24.4 Å². The van der Waals surface area contributed by atoms with Gasteiger partial charge in [-0.2, -0.15) is 0 Å². The van der Waals surface area contributed by atoms with Gasteiger partial charge in [-0.15, -0.1) is 11.8 Å². The van der Waals surface area contributed by atoms with E-state index in [2.05, 4.69) is 10.3 Å². The first kappa shape index (κ1) is 33.6. The maximum absolute atomic E-state index is 14.0. The Balaban J connectivity index is 1.07. The Hall–Kier alpha value is -4.51. The molecule has 264 valence electrons. The molecule has 7 atom stereocenters. The molecule has 3 aromatic carbocycles. The first-order chi connectivity index (χ1) is 24.4. The summed E-state index contributed by atoms with van der Waals surface area (Å²) in [7, 11) is -3.87. The summed E-state index contributed by atoms with van der Waals surface area (Å²) in [6.45, 7) is 1.77. The first-order valence-corrected chi connectivity index (χ1v) is 19.5. The lowest BCUT2D eigenvalue weighted by Crippen LogP contribution is -2.42. The predicted octanol–water partition coefficient (Wildman–Crippen LogP) is 4.32. The summed E-state index contributed by atoms with van der Waals surface area (Å²) in [5.74, 6) is -2.28. The number of carbonyl (C=O) groups excluding carboxylic acids is 3. The molecule has 0 radical (unpaired) electrons. The number of thiazole rings is 1. The van der Waals surface area contributed by atoms with Crippen molar-refractivity contribution >= 4 is 62.2 Å². The number of nitrogens with one attached hydrogen (secondary N) is 2. The minimum absolute atomic E-state index is 0.0295. The second kappa shape index (κ2) is 12.6. The molecule has 3 heterocycles. The Bertz CT molecular complexity index is 2240. The smallest absolute Gasteiger partial charge is 0.305 e. The Morgan fingerprint density at radius 1 is 0.980 bits per heavy atom. The standard InChI is InChI=1S/C35H31FN4O8S3/c1-2-47-24-13-16(3-12-23(24)48-15-25(41)38-18-6-10-20(11-7-18)51(37,45)46)26-27-21-14-22(30(27)49-32-31(26)50-35(44)39-32)29-28(21)33(42)40(34(29)43)19-8-4-17(36)5-9-19/h3-13,21-22,26-30H,2,14-15H2,1H3,(H,38,41)(H,39,44)(H2,37,45,46)/t21?,22?,26-,27?,28?,29?,30?/m1/s1. The highest BCUT2D eigenvalue weighted by Crippen LogP contribution is 2.68. The van der Waals surface area contributed by atoms with E-state index in [4.69, 9.17) is 14.6 Å². The van der Waals surface area contributed by atoms with Crippen molar-refractivity contribution in [2.24, 2.45) is 34.7 Å². The monoisotopic (exact) mass is 750 g/mol. The first-order valence-electron chi connectivity index (χ1n) is 16.3. The maximum Gasteiger partial charge on any atom is 0.305 e. The molecule has 2 saturated carbocycles. The van der Waals surface area contributed by atoms with Gasteiger partial charge in [-0.05, 0) is 97.3 Å². The number of imide groups is 1. The van der Waals surface area contributed by atoms with Crippen molar-refractivity contribution in [3.8, 4) is 11.5 Å². The van der Waals surface area contributed by atoms with E-state index in [1.54, 1.807) is 17.8 Å². The number of aromatic amines is 1. The van der Waals surface area contributed by atoms with Gasteiger partial charge < -0.3 is 19.8 Å². The fourth-order valence-corrected chi connectivity index (χ4v) is 11.8. The van der Waals surface area contributed by atoms with Gasteiger partial charge in [0.1, 0.15) is 5.82 Å². The molecule has 4 aromatic rings. The summed E-state index contributed by atoms with van der Waals surface area (Å²) in [6.07, 6.45) is 0.710. The number of fused-ring (bicyclic) bond motifs is 9. The van der Waals surface area contributed by atoms with Gasteiger partial charge in [-0.25, -0.2) is 17.9 Å². The highest BCUT2D eigenvalue weighted by Gasteiger charge is 2.69. The molecular weight excluding hydrogens is 720 g/mol. The predicted molar refractivity (Wildman–Crippen MR) is 187 cm³/mol. The van der Waals surface area contributed by atoms with Crippen molar-refractivity contribution in [2.75, 3.05) is 23.4 Å². The van der Waals surface area contributed by atoms with Crippen LogP contribution in [0.2, 0.25) is 0 Å². The van der Waals surface area contributed by atoms with Crippen LogP contribution < -0.4 is 29.7 Å². The highest BCUT2D eigenvalue weighted by molar-refractivity contribution is 8.00. The van der Waals surface area contributed by atoms with Gasteiger partial charge in [0.25, 0.3) is 5.91 Å². The van der Waals surface area contributed by atoms with Crippen LogP contribution in [0.4, 0.5) is 15.8 Å². The summed E-state index contributed by atoms with van der Waals surface area (Å²) in [6, 6.07) is 16.3. The zero-order valence-corrected chi connectivity index (χ0v) is 29.4. The van der Waals surface area contributed by atoms with Crippen LogP contribution in [0, 0.1) is 35.4 Å². The number of hydrogen-bond acceptors (Lipinski definition) is 10. The van der Waals surface area contributed by atoms with Crippen molar-refractivity contribution in [3.05, 3.63) is 92.7 Å².